The first-order valence-electron chi connectivity index (χ1n) is 7.33. The fourth-order valence-electron chi connectivity index (χ4n) is 2.02. The summed E-state index contributed by atoms with van der Waals surface area (Å²) < 4.78 is 11.5. The van der Waals surface area contributed by atoms with Crippen LogP contribution >= 0.6 is 27.7 Å². The molecule has 0 aliphatic carbocycles. The normalized spacial score (nSPS) is 10.6. The van der Waals surface area contributed by atoms with Crippen LogP contribution in [0.4, 0.5) is 0 Å². The van der Waals surface area contributed by atoms with E-state index < -0.39 is 0 Å². The van der Waals surface area contributed by atoms with Gasteiger partial charge in [0.2, 0.25) is 5.91 Å². The second-order valence-electron chi connectivity index (χ2n) is 4.87. The summed E-state index contributed by atoms with van der Waals surface area (Å²) >= 11 is 5.12. The number of benzene rings is 1. The summed E-state index contributed by atoms with van der Waals surface area (Å²) in [6, 6.07) is 4.11. The molecule has 0 aliphatic heterocycles. The molecule has 1 rings (SSSR count). The quantitative estimate of drug-likeness (QED) is 0.692. The number of amides is 1. The van der Waals surface area contributed by atoms with Crippen LogP contribution in [0.25, 0.3) is 0 Å². The van der Waals surface area contributed by atoms with Crippen molar-refractivity contribution >= 4 is 33.6 Å². The van der Waals surface area contributed by atoms with E-state index >= 15 is 0 Å². The number of methoxy groups -OCH3 is 2. The molecule has 0 aliphatic rings. The second-order valence-corrected chi connectivity index (χ2v) is 6.71. The molecule has 0 aromatic heterocycles. The Labute approximate surface area is 145 Å². The van der Waals surface area contributed by atoms with Gasteiger partial charge in [-0.1, -0.05) is 29.8 Å². The lowest BCUT2D eigenvalue weighted by atomic mass is 10.2. The molecule has 0 spiro atoms. The van der Waals surface area contributed by atoms with Gasteiger partial charge >= 0.3 is 0 Å². The molecule has 0 atom stereocenters. The molecule has 0 heterocycles. The van der Waals surface area contributed by atoms with E-state index in [1.807, 2.05) is 12.1 Å². The fourth-order valence-corrected chi connectivity index (χ4v) is 3.50. The van der Waals surface area contributed by atoms with Gasteiger partial charge in [0.25, 0.3) is 0 Å². The predicted octanol–water partition coefficient (Wildman–Crippen LogP) is 4.00. The lowest BCUT2D eigenvalue weighted by Crippen LogP contribution is -2.35. The molecule has 1 amide bonds. The molecule has 0 radical (unpaired) electrons. The van der Waals surface area contributed by atoms with E-state index in [0.29, 0.717) is 17.3 Å². The largest absolute Gasteiger partial charge is 0.493 e. The molecule has 1 aromatic carbocycles. The molecule has 22 heavy (non-hydrogen) atoms. The third-order valence-corrected chi connectivity index (χ3v) is 5.11. The van der Waals surface area contributed by atoms with E-state index in [9.17, 15) is 4.79 Å². The molecule has 0 saturated carbocycles. The maximum absolute atomic E-state index is 11.9. The number of hydrogen-bond donors (Lipinski definition) is 1. The second kappa shape index (κ2) is 10.0. The van der Waals surface area contributed by atoms with Crippen LogP contribution in [-0.2, 0) is 10.5 Å². The van der Waals surface area contributed by atoms with Gasteiger partial charge in [0.15, 0.2) is 11.5 Å². The Balaban J connectivity index is 2.56. The Morgan fingerprint density at radius 3 is 2.36 bits per heavy atom. The average Bonchev–Trinajstić information content (AvgIpc) is 2.53. The van der Waals surface area contributed by atoms with Crippen molar-refractivity contribution in [3.05, 3.63) is 22.2 Å². The first-order chi connectivity index (χ1) is 10.5. The van der Waals surface area contributed by atoms with Crippen molar-refractivity contribution in [1.29, 1.82) is 0 Å². The Morgan fingerprint density at radius 2 is 1.82 bits per heavy atom. The van der Waals surface area contributed by atoms with Gasteiger partial charge in [0.05, 0.1) is 20.0 Å². The van der Waals surface area contributed by atoms with Gasteiger partial charge < -0.3 is 14.8 Å². The van der Waals surface area contributed by atoms with Crippen LogP contribution in [0.2, 0.25) is 0 Å². The van der Waals surface area contributed by atoms with E-state index in [0.717, 1.165) is 28.6 Å². The van der Waals surface area contributed by atoms with Crippen molar-refractivity contribution in [3.63, 3.8) is 0 Å². The molecular weight excluding hydrogens is 366 g/mol. The van der Waals surface area contributed by atoms with Gasteiger partial charge in [-0.05, 0) is 30.5 Å². The Morgan fingerprint density at radius 1 is 1.23 bits per heavy atom. The van der Waals surface area contributed by atoms with E-state index in [1.165, 1.54) is 0 Å². The van der Waals surface area contributed by atoms with Crippen LogP contribution in [0.3, 0.4) is 0 Å². The van der Waals surface area contributed by atoms with Gasteiger partial charge in [-0.2, -0.15) is 0 Å². The molecule has 0 unspecified atom stereocenters. The van der Waals surface area contributed by atoms with E-state index in [-0.39, 0.29) is 11.9 Å². The first-order valence-corrected chi connectivity index (χ1v) is 9.27. The van der Waals surface area contributed by atoms with Gasteiger partial charge in [-0.25, -0.2) is 0 Å². The van der Waals surface area contributed by atoms with Crippen LogP contribution in [0, 0.1) is 0 Å². The van der Waals surface area contributed by atoms with E-state index in [1.54, 1.807) is 26.0 Å². The Kier molecular flexibility index (Phi) is 8.71. The topological polar surface area (TPSA) is 47.6 Å². The lowest BCUT2D eigenvalue weighted by molar-refractivity contribution is -0.119. The first kappa shape index (κ1) is 19.2. The number of thioether (sulfide) groups is 1. The molecule has 0 fully saturated rings. The SMILES string of the molecule is CCC(CC)NC(=O)CSCc1cc(OC)c(OC)cc1Br. The van der Waals surface area contributed by atoms with Crippen molar-refractivity contribution < 1.29 is 14.3 Å². The minimum atomic E-state index is 0.0929. The number of carbonyl (C=O) groups is 1. The molecule has 0 bridgehead atoms. The summed E-state index contributed by atoms with van der Waals surface area (Å²) in [4.78, 5) is 11.9. The summed E-state index contributed by atoms with van der Waals surface area (Å²) in [5, 5.41) is 3.04. The van der Waals surface area contributed by atoms with Crippen LogP contribution in [0.5, 0.6) is 11.5 Å². The van der Waals surface area contributed by atoms with Crippen LogP contribution in [-0.4, -0.2) is 31.9 Å². The van der Waals surface area contributed by atoms with Crippen LogP contribution in [0.1, 0.15) is 32.3 Å². The maximum Gasteiger partial charge on any atom is 0.230 e. The summed E-state index contributed by atoms with van der Waals surface area (Å²) in [5.74, 6) is 2.67. The smallest absolute Gasteiger partial charge is 0.230 e. The predicted molar refractivity (Wildman–Crippen MR) is 95.9 cm³/mol. The lowest BCUT2D eigenvalue weighted by Gasteiger charge is -2.15. The highest BCUT2D eigenvalue weighted by atomic mass is 79.9. The average molecular weight is 390 g/mol. The summed E-state index contributed by atoms with van der Waals surface area (Å²) in [6.07, 6.45) is 1.93. The molecular formula is C16H24BrNO3S. The van der Waals surface area contributed by atoms with Gasteiger partial charge in [0, 0.05) is 16.3 Å². The summed E-state index contributed by atoms with van der Waals surface area (Å²) in [7, 11) is 3.23. The van der Waals surface area contributed by atoms with E-state index in [4.69, 9.17) is 9.47 Å². The van der Waals surface area contributed by atoms with E-state index in [2.05, 4.69) is 35.1 Å². The van der Waals surface area contributed by atoms with Gasteiger partial charge in [0.1, 0.15) is 0 Å². The number of halogens is 1. The summed E-state index contributed by atoms with van der Waals surface area (Å²) in [6.45, 7) is 4.17. The summed E-state index contributed by atoms with van der Waals surface area (Å²) in [5.41, 5.74) is 1.08. The minimum absolute atomic E-state index is 0.0929. The van der Waals surface area contributed by atoms with Crippen molar-refractivity contribution in [1.82, 2.24) is 5.32 Å². The third kappa shape index (κ3) is 5.72. The molecule has 4 nitrogen and oxygen atoms in total. The minimum Gasteiger partial charge on any atom is -0.493 e. The molecule has 1 N–H and O–H groups in total. The number of carbonyl (C=O) groups excluding carboxylic acids is 1. The van der Waals surface area contributed by atoms with Crippen LogP contribution in [0.15, 0.2) is 16.6 Å². The zero-order chi connectivity index (χ0) is 16.5. The van der Waals surface area contributed by atoms with Crippen molar-refractivity contribution in [2.75, 3.05) is 20.0 Å². The van der Waals surface area contributed by atoms with Gasteiger partial charge in [-0.3, -0.25) is 4.79 Å². The zero-order valence-electron chi connectivity index (χ0n) is 13.6. The standard InChI is InChI=1S/C16H24BrNO3S/c1-5-12(6-2)18-16(19)10-22-9-11-7-14(20-3)15(21-4)8-13(11)17/h7-8,12H,5-6,9-10H2,1-4H3,(H,18,19). The Bertz CT molecular complexity index is 493. The van der Waals surface area contributed by atoms with Crippen LogP contribution < -0.4 is 14.8 Å². The number of hydrogen-bond acceptors (Lipinski definition) is 4. The highest BCUT2D eigenvalue weighted by molar-refractivity contribution is 9.10. The number of ether oxygens (including phenoxy) is 2. The molecule has 6 heteroatoms. The highest BCUT2D eigenvalue weighted by Gasteiger charge is 2.11. The van der Waals surface area contributed by atoms with Crippen molar-refractivity contribution in [2.45, 2.75) is 38.5 Å². The third-order valence-electron chi connectivity index (χ3n) is 3.39. The maximum atomic E-state index is 11.9. The number of nitrogens with one attached hydrogen (secondary N) is 1. The fraction of sp³-hybridized carbons (Fsp3) is 0.562. The van der Waals surface area contributed by atoms with Gasteiger partial charge in [-0.15, -0.1) is 11.8 Å². The Hall–Kier alpha value is -0.880. The molecule has 1 aromatic rings. The highest BCUT2D eigenvalue weighted by Crippen LogP contribution is 2.34. The molecule has 0 saturated heterocycles. The molecule has 124 valence electrons. The van der Waals surface area contributed by atoms with Crippen molar-refractivity contribution in [3.8, 4) is 11.5 Å². The van der Waals surface area contributed by atoms with Crippen molar-refractivity contribution in [2.24, 2.45) is 0 Å². The zero-order valence-corrected chi connectivity index (χ0v) is 16.0. The monoisotopic (exact) mass is 389 g/mol. The number of rotatable bonds is 9.